The average molecular weight is 390 g/mol. The van der Waals surface area contributed by atoms with Crippen LogP contribution < -0.4 is 4.74 Å². The van der Waals surface area contributed by atoms with Crippen LogP contribution in [0.3, 0.4) is 0 Å². The van der Waals surface area contributed by atoms with Crippen molar-refractivity contribution in [3.05, 3.63) is 65.2 Å². The molecule has 1 unspecified atom stereocenters. The summed E-state index contributed by atoms with van der Waals surface area (Å²) >= 11 is 0. The van der Waals surface area contributed by atoms with Crippen LogP contribution in [0.4, 0.5) is 0 Å². The number of ether oxygens (including phenoxy) is 1. The number of rotatable bonds is 9. The summed E-state index contributed by atoms with van der Waals surface area (Å²) in [6, 6.07) is 19.3. The van der Waals surface area contributed by atoms with Crippen LogP contribution in [0.1, 0.15) is 93.7 Å². The lowest BCUT2D eigenvalue weighted by atomic mass is 9.76. The maximum absolute atomic E-state index is 8.97. The van der Waals surface area contributed by atoms with Crippen LogP contribution in [0.5, 0.6) is 5.75 Å². The Labute approximate surface area is 176 Å². The largest absolute Gasteiger partial charge is 0.493 e. The fraction of sp³-hybridized carbons (Fsp3) is 0.519. The van der Waals surface area contributed by atoms with Crippen molar-refractivity contribution in [3.63, 3.8) is 0 Å². The molecule has 1 aliphatic rings. The van der Waals surface area contributed by atoms with Gasteiger partial charge < -0.3 is 4.74 Å². The molecule has 1 saturated carbocycles. The molecule has 0 aromatic heterocycles. The molecule has 3 rings (SSSR count). The van der Waals surface area contributed by atoms with E-state index in [1.807, 2.05) is 12.1 Å². The molecule has 2 nitrogen and oxygen atoms in total. The number of hydrogen-bond donors (Lipinski definition) is 0. The first-order valence-corrected chi connectivity index (χ1v) is 11.5. The molecule has 0 amide bonds. The highest BCUT2D eigenvalue weighted by Gasteiger charge is 2.23. The summed E-state index contributed by atoms with van der Waals surface area (Å²) in [4.78, 5) is 0. The topological polar surface area (TPSA) is 33.0 Å². The predicted octanol–water partition coefficient (Wildman–Crippen LogP) is 7.59. The number of unbranched alkanes of at least 4 members (excludes halogenated alkanes) is 1. The van der Waals surface area contributed by atoms with Gasteiger partial charge in [0, 0.05) is 0 Å². The predicted molar refractivity (Wildman–Crippen MR) is 120 cm³/mol. The number of nitriles is 1. The van der Waals surface area contributed by atoms with E-state index in [-0.39, 0.29) is 0 Å². The third kappa shape index (κ3) is 6.10. The number of hydrogen-bond acceptors (Lipinski definition) is 2. The van der Waals surface area contributed by atoms with E-state index in [9.17, 15) is 0 Å². The van der Waals surface area contributed by atoms with Crippen LogP contribution >= 0.6 is 0 Å². The lowest BCUT2D eigenvalue weighted by Crippen LogP contribution is -2.13. The zero-order valence-corrected chi connectivity index (χ0v) is 18.1. The van der Waals surface area contributed by atoms with Gasteiger partial charge in [0.1, 0.15) is 5.75 Å². The van der Waals surface area contributed by atoms with E-state index in [1.165, 1.54) is 62.5 Å². The number of nitrogens with zero attached hydrogens (tertiary/aromatic N) is 1. The minimum absolute atomic E-state index is 0.635. The highest BCUT2D eigenvalue weighted by molar-refractivity contribution is 5.34. The van der Waals surface area contributed by atoms with Crippen molar-refractivity contribution in [1.29, 1.82) is 5.26 Å². The quantitative estimate of drug-likeness (QED) is 0.442. The monoisotopic (exact) mass is 389 g/mol. The molecule has 0 bridgehead atoms. The van der Waals surface area contributed by atoms with Gasteiger partial charge in [-0.15, -0.1) is 0 Å². The van der Waals surface area contributed by atoms with Gasteiger partial charge in [0.15, 0.2) is 0 Å². The third-order valence-electron chi connectivity index (χ3n) is 6.62. The van der Waals surface area contributed by atoms with Crippen LogP contribution in [0.25, 0.3) is 0 Å². The van der Waals surface area contributed by atoms with E-state index in [1.54, 1.807) is 0 Å². The van der Waals surface area contributed by atoms with Crippen molar-refractivity contribution in [2.45, 2.75) is 77.0 Å². The minimum atomic E-state index is 0.635. The zero-order valence-electron chi connectivity index (χ0n) is 18.1. The van der Waals surface area contributed by atoms with Crippen LogP contribution in [-0.2, 0) is 0 Å². The highest BCUT2D eigenvalue weighted by atomic mass is 16.5. The Morgan fingerprint density at radius 2 is 1.45 bits per heavy atom. The smallest absolute Gasteiger partial charge is 0.119 e. The normalized spacial score (nSPS) is 20.0. The Bertz CT molecular complexity index is 764. The van der Waals surface area contributed by atoms with E-state index < -0.39 is 0 Å². The van der Waals surface area contributed by atoms with Gasteiger partial charge in [-0.2, -0.15) is 5.26 Å². The average Bonchev–Trinajstić information content (AvgIpc) is 2.80. The Balaban J connectivity index is 1.49. The lowest BCUT2D eigenvalue weighted by Gasteiger charge is -2.29. The molecule has 2 aromatic carbocycles. The SMILES string of the molecule is CCCCC(CC)COc1ccc(C2CCC(c3ccc(C#N)cc3)CC2)cc1. The summed E-state index contributed by atoms with van der Waals surface area (Å²) in [7, 11) is 0. The second-order valence-electron chi connectivity index (χ2n) is 8.58. The number of benzene rings is 2. The fourth-order valence-electron chi connectivity index (χ4n) is 4.54. The second-order valence-corrected chi connectivity index (χ2v) is 8.58. The first-order chi connectivity index (χ1) is 14.2. The van der Waals surface area contributed by atoms with Crippen molar-refractivity contribution in [2.24, 2.45) is 5.92 Å². The van der Waals surface area contributed by atoms with E-state index in [0.717, 1.165) is 17.9 Å². The Kier molecular flexibility index (Phi) is 8.17. The molecular formula is C27H35NO. The molecule has 2 heteroatoms. The first kappa shape index (κ1) is 21.4. The first-order valence-electron chi connectivity index (χ1n) is 11.5. The van der Waals surface area contributed by atoms with Gasteiger partial charge in [-0.05, 0) is 85.3 Å². The van der Waals surface area contributed by atoms with Gasteiger partial charge in [0.05, 0.1) is 18.2 Å². The molecule has 1 aliphatic carbocycles. The second kappa shape index (κ2) is 11.1. The molecule has 2 aromatic rings. The van der Waals surface area contributed by atoms with Gasteiger partial charge in [0.2, 0.25) is 0 Å². The van der Waals surface area contributed by atoms with Crippen LogP contribution in [0.2, 0.25) is 0 Å². The molecule has 0 radical (unpaired) electrons. The highest BCUT2D eigenvalue weighted by Crippen LogP contribution is 2.40. The van der Waals surface area contributed by atoms with Crippen LogP contribution in [0, 0.1) is 17.2 Å². The van der Waals surface area contributed by atoms with Gasteiger partial charge >= 0.3 is 0 Å². The Hall–Kier alpha value is -2.27. The summed E-state index contributed by atoms with van der Waals surface area (Å²) in [5.74, 6) is 2.98. The molecule has 0 heterocycles. The van der Waals surface area contributed by atoms with Crippen molar-refractivity contribution < 1.29 is 4.74 Å². The molecule has 29 heavy (non-hydrogen) atoms. The van der Waals surface area contributed by atoms with Crippen molar-refractivity contribution in [2.75, 3.05) is 6.61 Å². The standard InChI is InChI=1S/C27H35NO/c1-3-5-6-21(4-2)20-29-27-17-15-26(16-18-27)25-13-11-24(12-14-25)23-9-7-22(19-28)8-10-23/h7-10,15-18,21,24-25H,3-6,11-14,20H2,1-2H3. The molecular weight excluding hydrogens is 354 g/mol. The minimum Gasteiger partial charge on any atom is -0.493 e. The maximum Gasteiger partial charge on any atom is 0.119 e. The van der Waals surface area contributed by atoms with Gasteiger partial charge in [-0.25, -0.2) is 0 Å². The molecule has 0 saturated heterocycles. The van der Waals surface area contributed by atoms with Crippen molar-refractivity contribution in [3.8, 4) is 11.8 Å². The summed E-state index contributed by atoms with van der Waals surface area (Å²) in [5.41, 5.74) is 3.59. The van der Waals surface area contributed by atoms with E-state index in [0.29, 0.717) is 17.8 Å². The summed E-state index contributed by atoms with van der Waals surface area (Å²) in [6.07, 6.45) is 9.95. The zero-order chi connectivity index (χ0) is 20.5. The summed E-state index contributed by atoms with van der Waals surface area (Å²) in [6.45, 7) is 5.36. The maximum atomic E-state index is 8.97. The Morgan fingerprint density at radius 3 is 1.93 bits per heavy atom. The summed E-state index contributed by atoms with van der Waals surface area (Å²) in [5, 5.41) is 8.97. The molecule has 1 atom stereocenters. The molecule has 0 N–H and O–H groups in total. The molecule has 1 fully saturated rings. The van der Waals surface area contributed by atoms with Crippen LogP contribution in [0.15, 0.2) is 48.5 Å². The molecule has 0 aliphatic heterocycles. The van der Waals surface area contributed by atoms with Crippen LogP contribution in [-0.4, -0.2) is 6.61 Å². The molecule has 0 spiro atoms. The van der Waals surface area contributed by atoms with Gasteiger partial charge in [0.25, 0.3) is 0 Å². The lowest BCUT2D eigenvalue weighted by molar-refractivity contribution is 0.233. The fourth-order valence-corrected chi connectivity index (χ4v) is 4.54. The van der Waals surface area contributed by atoms with E-state index in [2.05, 4.69) is 56.3 Å². The molecule has 154 valence electrons. The van der Waals surface area contributed by atoms with E-state index in [4.69, 9.17) is 10.00 Å². The van der Waals surface area contributed by atoms with Crippen molar-refractivity contribution >= 4 is 0 Å². The van der Waals surface area contributed by atoms with E-state index >= 15 is 0 Å². The van der Waals surface area contributed by atoms with Crippen molar-refractivity contribution in [1.82, 2.24) is 0 Å². The van der Waals surface area contributed by atoms with Gasteiger partial charge in [-0.1, -0.05) is 57.4 Å². The van der Waals surface area contributed by atoms with Gasteiger partial charge in [-0.3, -0.25) is 0 Å². The Morgan fingerprint density at radius 1 is 0.897 bits per heavy atom. The third-order valence-corrected chi connectivity index (χ3v) is 6.62. The summed E-state index contributed by atoms with van der Waals surface area (Å²) < 4.78 is 6.07.